The first-order chi connectivity index (χ1) is 12.9. The summed E-state index contributed by atoms with van der Waals surface area (Å²) >= 11 is 0. The second-order valence-electron chi connectivity index (χ2n) is 7.47. The fraction of sp³-hybridized carbons (Fsp3) is 0.273. The molecule has 5 nitrogen and oxygen atoms in total. The van der Waals surface area contributed by atoms with Gasteiger partial charge < -0.3 is 15.4 Å². The number of para-hydroxylation sites is 1. The summed E-state index contributed by atoms with van der Waals surface area (Å²) in [6, 6.07) is 16.5. The monoisotopic (exact) mass is 364 g/mol. The number of rotatable bonds is 7. The molecule has 0 aliphatic carbocycles. The SMILES string of the molecule is CC(C)(Cc1ccccc1)C(=O)NC(Cc1c[nH]c2ccccc12)C(=O)O. The van der Waals surface area contributed by atoms with Crippen molar-refractivity contribution in [2.75, 3.05) is 0 Å². The maximum Gasteiger partial charge on any atom is 0.326 e. The van der Waals surface area contributed by atoms with Crippen LogP contribution in [0.1, 0.15) is 25.0 Å². The lowest BCUT2D eigenvalue weighted by molar-refractivity contribution is -0.143. The van der Waals surface area contributed by atoms with Crippen molar-refractivity contribution in [3.8, 4) is 0 Å². The van der Waals surface area contributed by atoms with Gasteiger partial charge >= 0.3 is 5.97 Å². The van der Waals surface area contributed by atoms with Gasteiger partial charge in [-0.1, -0.05) is 62.4 Å². The molecule has 2 aromatic carbocycles. The third-order valence-electron chi connectivity index (χ3n) is 4.81. The summed E-state index contributed by atoms with van der Waals surface area (Å²) in [5.74, 6) is -1.30. The van der Waals surface area contributed by atoms with Gasteiger partial charge in [0.05, 0.1) is 0 Å². The molecule has 3 aromatic rings. The number of hydrogen-bond acceptors (Lipinski definition) is 2. The zero-order valence-electron chi connectivity index (χ0n) is 15.5. The Balaban J connectivity index is 1.73. The Kier molecular flexibility index (Phi) is 5.31. The van der Waals surface area contributed by atoms with Crippen LogP contribution in [0, 0.1) is 5.41 Å². The maximum atomic E-state index is 12.8. The molecule has 0 spiro atoms. The summed E-state index contributed by atoms with van der Waals surface area (Å²) in [6.07, 6.45) is 2.58. The van der Waals surface area contributed by atoms with E-state index in [-0.39, 0.29) is 12.3 Å². The first-order valence-corrected chi connectivity index (χ1v) is 8.99. The van der Waals surface area contributed by atoms with Crippen molar-refractivity contribution in [3.05, 3.63) is 71.9 Å². The molecule has 0 radical (unpaired) electrons. The number of aromatic amines is 1. The van der Waals surface area contributed by atoms with Gasteiger partial charge in [0.2, 0.25) is 5.91 Å². The molecule has 3 N–H and O–H groups in total. The maximum absolute atomic E-state index is 12.8. The van der Waals surface area contributed by atoms with Crippen molar-refractivity contribution >= 4 is 22.8 Å². The van der Waals surface area contributed by atoms with E-state index in [0.717, 1.165) is 22.0 Å². The number of amides is 1. The van der Waals surface area contributed by atoms with E-state index in [0.29, 0.717) is 6.42 Å². The Morgan fingerprint density at radius 2 is 1.74 bits per heavy atom. The van der Waals surface area contributed by atoms with E-state index in [2.05, 4.69) is 10.3 Å². The molecule has 0 saturated heterocycles. The van der Waals surface area contributed by atoms with E-state index < -0.39 is 17.4 Å². The van der Waals surface area contributed by atoms with Crippen LogP contribution in [0.15, 0.2) is 60.8 Å². The number of fused-ring (bicyclic) bond motifs is 1. The number of aromatic nitrogens is 1. The highest BCUT2D eigenvalue weighted by Crippen LogP contribution is 2.23. The average molecular weight is 364 g/mol. The van der Waals surface area contributed by atoms with Crippen LogP contribution in [-0.4, -0.2) is 28.0 Å². The lowest BCUT2D eigenvalue weighted by Crippen LogP contribution is -2.48. The normalized spacial score (nSPS) is 12.7. The Morgan fingerprint density at radius 3 is 2.44 bits per heavy atom. The third-order valence-corrected chi connectivity index (χ3v) is 4.81. The molecule has 27 heavy (non-hydrogen) atoms. The number of hydrogen-bond donors (Lipinski definition) is 3. The Bertz CT molecular complexity index is 944. The molecule has 1 heterocycles. The standard InChI is InChI=1S/C22H24N2O3/c1-22(2,13-15-8-4-3-5-9-15)21(27)24-19(20(25)26)12-16-14-23-18-11-7-6-10-17(16)18/h3-11,14,19,23H,12-13H2,1-2H3,(H,24,27)(H,25,26). The summed E-state index contributed by atoms with van der Waals surface area (Å²) in [5, 5.41) is 13.3. The molecule has 1 aromatic heterocycles. The minimum Gasteiger partial charge on any atom is -0.480 e. The van der Waals surface area contributed by atoms with Crippen molar-refractivity contribution < 1.29 is 14.7 Å². The average Bonchev–Trinajstić information content (AvgIpc) is 3.04. The number of carboxylic acids is 1. The minimum atomic E-state index is -1.04. The zero-order chi connectivity index (χ0) is 19.4. The van der Waals surface area contributed by atoms with E-state index >= 15 is 0 Å². The first kappa shape index (κ1) is 18.7. The number of aliphatic carboxylic acids is 1. The fourth-order valence-corrected chi connectivity index (χ4v) is 3.26. The largest absolute Gasteiger partial charge is 0.480 e. The summed E-state index contributed by atoms with van der Waals surface area (Å²) in [4.78, 5) is 27.7. The summed E-state index contributed by atoms with van der Waals surface area (Å²) in [7, 11) is 0. The topological polar surface area (TPSA) is 82.2 Å². The number of carbonyl (C=O) groups excluding carboxylic acids is 1. The number of nitrogens with one attached hydrogen (secondary N) is 2. The highest BCUT2D eigenvalue weighted by atomic mass is 16.4. The van der Waals surface area contributed by atoms with Crippen molar-refractivity contribution in [2.45, 2.75) is 32.7 Å². The number of carboxylic acid groups (broad SMARTS) is 1. The Hall–Kier alpha value is -3.08. The summed E-state index contributed by atoms with van der Waals surface area (Å²) in [6.45, 7) is 3.67. The highest BCUT2D eigenvalue weighted by molar-refractivity contribution is 5.88. The lowest BCUT2D eigenvalue weighted by Gasteiger charge is -2.26. The fourth-order valence-electron chi connectivity index (χ4n) is 3.26. The molecule has 1 amide bonds. The smallest absolute Gasteiger partial charge is 0.326 e. The van der Waals surface area contributed by atoms with Crippen LogP contribution in [0.25, 0.3) is 10.9 Å². The number of carbonyl (C=O) groups is 2. The minimum absolute atomic E-state index is 0.229. The third kappa shape index (κ3) is 4.37. The van der Waals surface area contributed by atoms with Gasteiger partial charge in [-0.15, -0.1) is 0 Å². The van der Waals surface area contributed by atoms with Crippen LogP contribution in [0.4, 0.5) is 0 Å². The van der Waals surface area contributed by atoms with E-state index in [1.807, 2.05) is 74.6 Å². The van der Waals surface area contributed by atoms with E-state index in [4.69, 9.17) is 0 Å². The van der Waals surface area contributed by atoms with Crippen LogP contribution < -0.4 is 5.32 Å². The molecule has 0 fully saturated rings. The molecule has 0 aliphatic heterocycles. The van der Waals surface area contributed by atoms with Gasteiger partial charge in [-0.25, -0.2) is 4.79 Å². The molecule has 140 valence electrons. The van der Waals surface area contributed by atoms with Gasteiger partial charge in [-0.3, -0.25) is 4.79 Å². The van der Waals surface area contributed by atoms with E-state index in [1.54, 1.807) is 0 Å². The van der Waals surface area contributed by atoms with Gasteiger partial charge in [0, 0.05) is 28.9 Å². The highest BCUT2D eigenvalue weighted by Gasteiger charge is 2.32. The van der Waals surface area contributed by atoms with Crippen LogP contribution >= 0.6 is 0 Å². The van der Waals surface area contributed by atoms with Crippen LogP contribution in [-0.2, 0) is 22.4 Å². The van der Waals surface area contributed by atoms with Gasteiger partial charge in [-0.05, 0) is 23.6 Å². The second-order valence-corrected chi connectivity index (χ2v) is 7.47. The molecule has 0 saturated carbocycles. The molecular weight excluding hydrogens is 340 g/mol. The van der Waals surface area contributed by atoms with Gasteiger partial charge in [-0.2, -0.15) is 0 Å². The number of H-pyrrole nitrogens is 1. The molecule has 1 unspecified atom stereocenters. The van der Waals surface area contributed by atoms with Gasteiger partial charge in [0.1, 0.15) is 6.04 Å². The molecule has 0 bridgehead atoms. The van der Waals surface area contributed by atoms with Crippen LogP contribution in [0.5, 0.6) is 0 Å². The molecule has 0 aliphatic rings. The van der Waals surface area contributed by atoms with Crippen LogP contribution in [0.3, 0.4) is 0 Å². The Morgan fingerprint density at radius 1 is 1.07 bits per heavy atom. The van der Waals surface area contributed by atoms with Crippen LogP contribution in [0.2, 0.25) is 0 Å². The van der Waals surface area contributed by atoms with E-state index in [1.165, 1.54) is 0 Å². The quantitative estimate of drug-likeness (QED) is 0.600. The van der Waals surface area contributed by atoms with Crippen molar-refractivity contribution in [1.29, 1.82) is 0 Å². The molecule has 3 rings (SSSR count). The molecule has 5 heteroatoms. The molecule has 1 atom stereocenters. The zero-order valence-corrected chi connectivity index (χ0v) is 15.5. The van der Waals surface area contributed by atoms with E-state index in [9.17, 15) is 14.7 Å². The second kappa shape index (κ2) is 7.66. The lowest BCUT2D eigenvalue weighted by atomic mass is 9.84. The summed E-state index contributed by atoms with van der Waals surface area (Å²) < 4.78 is 0. The van der Waals surface area contributed by atoms with Crippen molar-refractivity contribution in [3.63, 3.8) is 0 Å². The van der Waals surface area contributed by atoms with Crippen molar-refractivity contribution in [1.82, 2.24) is 10.3 Å². The molecular formula is C22H24N2O3. The predicted octanol–water partition coefficient (Wildman–Crippen LogP) is 3.55. The first-order valence-electron chi connectivity index (χ1n) is 8.99. The summed E-state index contributed by atoms with van der Waals surface area (Å²) in [5.41, 5.74) is 2.16. The Labute approximate surface area is 158 Å². The van der Waals surface area contributed by atoms with Crippen molar-refractivity contribution in [2.24, 2.45) is 5.41 Å². The van der Waals surface area contributed by atoms with Gasteiger partial charge in [0.15, 0.2) is 0 Å². The predicted molar refractivity (Wildman–Crippen MR) is 105 cm³/mol. The number of benzene rings is 2. The van der Waals surface area contributed by atoms with Gasteiger partial charge in [0.25, 0.3) is 0 Å².